The topological polar surface area (TPSA) is 34.1 Å². The summed E-state index contributed by atoms with van der Waals surface area (Å²) >= 11 is 10.1. The van der Waals surface area contributed by atoms with Crippen LogP contribution in [0, 0.1) is 6.92 Å². The number of rotatable bonds is 7. The molecule has 144 valence electrons. The molecule has 0 bridgehead atoms. The van der Waals surface area contributed by atoms with Crippen molar-refractivity contribution < 1.29 is 9.47 Å². The smallest absolute Gasteiger partial charge is 0.140 e. The lowest BCUT2D eigenvalue weighted by Gasteiger charge is -2.42. The molecule has 1 aliphatic heterocycles. The van der Waals surface area contributed by atoms with Crippen LogP contribution >= 0.6 is 27.5 Å². The second-order valence-electron chi connectivity index (χ2n) is 6.80. The summed E-state index contributed by atoms with van der Waals surface area (Å²) in [5.41, 5.74) is 3.57. The lowest BCUT2D eigenvalue weighted by molar-refractivity contribution is -0.223. The second-order valence-corrected chi connectivity index (χ2v) is 8.07. The van der Waals surface area contributed by atoms with Crippen LogP contribution in [0.3, 0.4) is 0 Å². The fraction of sp³-hybridized carbons (Fsp3) is 0.381. The van der Waals surface area contributed by atoms with E-state index < -0.39 is 5.60 Å². The summed E-state index contributed by atoms with van der Waals surface area (Å²) in [5.74, 6) is 0. The molecule has 27 heavy (non-hydrogen) atoms. The van der Waals surface area contributed by atoms with Crippen molar-refractivity contribution in [3.8, 4) is 0 Å². The van der Waals surface area contributed by atoms with Crippen molar-refractivity contribution in [1.29, 1.82) is 0 Å². The molecule has 4 nitrogen and oxygen atoms in total. The van der Waals surface area contributed by atoms with Crippen LogP contribution in [-0.4, -0.2) is 38.0 Å². The molecule has 0 aliphatic carbocycles. The van der Waals surface area contributed by atoms with Gasteiger partial charge in [-0.25, -0.2) is 4.99 Å². The Morgan fingerprint density at radius 3 is 2.70 bits per heavy atom. The van der Waals surface area contributed by atoms with Crippen LogP contribution in [0.5, 0.6) is 0 Å². The number of aliphatic imine (C=N–C) groups is 1. The number of aryl methyl sites for hydroxylation is 1. The summed E-state index contributed by atoms with van der Waals surface area (Å²) in [6.45, 7) is 6.58. The molecule has 0 N–H and O–H groups in total. The molecule has 0 unspecified atom stereocenters. The summed E-state index contributed by atoms with van der Waals surface area (Å²) in [4.78, 5) is 6.50. The standard InChI is InChI=1S/C21H24BrClN2O2/c1-4-25(3)14-24-20-9-15(2)17(10-19(20)23)21(12-26-13-21)27-11-16-7-5-6-8-18(16)22/h5-10,14H,4,11-13H2,1-3H3. The molecule has 1 aliphatic rings. The maximum absolute atomic E-state index is 6.52. The fourth-order valence-corrected chi connectivity index (χ4v) is 3.55. The van der Waals surface area contributed by atoms with Gasteiger partial charge in [-0.3, -0.25) is 0 Å². The van der Waals surface area contributed by atoms with E-state index in [0.29, 0.717) is 24.8 Å². The first-order chi connectivity index (χ1) is 12.9. The Labute approximate surface area is 174 Å². The number of benzene rings is 2. The Bertz CT molecular complexity index is 837. The van der Waals surface area contributed by atoms with Crippen LogP contribution in [0.4, 0.5) is 5.69 Å². The molecule has 1 saturated heterocycles. The molecule has 0 saturated carbocycles. The maximum Gasteiger partial charge on any atom is 0.140 e. The van der Waals surface area contributed by atoms with Gasteiger partial charge in [-0.05, 0) is 48.7 Å². The van der Waals surface area contributed by atoms with Crippen LogP contribution in [0.25, 0.3) is 0 Å². The van der Waals surface area contributed by atoms with Crippen molar-refractivity contribution in [2.45, 2.75) is 26.1 Å². The Morgan fingerprint density at radius 1 is 1.33 bits per heavy atom. The minimum atomic E-state index is -0.467. The zero-order chi connectivity index (χ0) is 19.4. The normalized spacial score (nSPS) is 15.7. The monoisotopic (exact) mass is 450 g/mol. The highest BCUT2D eigenvalue weighted by atomic mass is 79.9. The van der Waals surface area contributed by atoms with Crippen molar-refractivity contribution in [1.82, 2.24) is 4.90 Å². The van der Waals surface area contributed by atoms with Gasteiger partial charge in [-0.2, -0.15) is 0 Å². The van der Waals surface area contributed by atoms with E-state index in [1.807, 2.05) is 42.3 Å². The Balaban J connectivity index is 1.83. The average molecular weight is 452 g/mol. The number of hydrogen-bond acceptors (Lipinski definition) is 3. The molecular formula is C21H24BrClN2O2. The van der Waals surface area contributed by atoms with Crippen molar-refractivity contribution in [3.63, 3.8) is 0 Å². The van der Waals surface area contributed by atoms with Crippen LogP contribution in [0.2, 0.25) is 5.02 Å². The fourth-order valence-electron chi connectivity index (χ4n) is 2.93. The van der Waals surface area contributed by atoms with E-state index in [1.54, 1.807) is 6.34 Å². The van der Waals surface area contributed by atoms with Gasteiger partial charge in [-0.1, -0.05) is 45.7 Å². The summed E-state index contributed by atoms with van der Waals surface area (Å²) in [6, 6.07) is 12.1. The van der Waals surface area contributed by atoms with Gasteiger partial charge in [0.15, 0.2) is 0 Å². The van der Waals surface area contributed by atoms with Crippen LogP contribution < -0.4 is 0 Å². The first-order valence-corrected chi connectivity index (χ1v) is 10.1. The molecule has 1 fully saturated rings. The van der Waals surface area contributed by atoms with Gasteiger partial charge in [-0.15, -0.1) is 0 Å². The molecule has 6 heteroatoms. The van der Waals surface area contributed by atoms with E-state index >= 15 is 0 Å². The third kappa shape index (κ3) is 4.54. The minimum Gasteiger partial charge on any atom is -0.375 e. The van der Waals surface area contributed by atoms with Crippen LogP contribution in [0.15, 0.2) is 45.9 Å². The van der Waals surface area contributed by atoms with Crippen molar-refractivity contribution in [2.75, 3.05) is 26.8 Å². The molecule has 0 aromatic heterocycles. The maximum atomic E-state index is 6.52. The van der Waals surface area contributed by atoms with Gasteiger partial charge in [0.2, 0.25) is 0 Å². The number of ether oxygens (including phenoxy) is 2. The Kier molecular flexibility index (Phi) is 6.58. The molecule has 3 rings (SSSR count). The molecule has 0 atom stereocenters. The van der Waals surface area contributed by atoms with Gasteiger partial charge >= 0.3 is 0 Å². The Morgan fingerprint density at radius 2 is 2.07 bits per heavy atom. The summed E-state index contributed by atoms with van der Waals surface area (Å²) in [7, 11) is 1.98. The molecule has 0 spiro atoms. The third-order valence-electron chi connectivity index (χ3n) is 4.81. The van der Waals surface area contributed by atoms with Crippen molar-refractivity contribution in [2.24, 2.45) is 4.99 Å². The Hall–Kier alpha value is -1.40. The van der Waals surface area contributed by atoms with Gasteiger partial charge in [0.05, 0.1) is 36.9 Å². The van der Waals surface area contributed by atoms with E-state index in [1.165, 1.54) is 0 Å². The predicted molar refractivity (Wildman–Crippen MR) is 114 cm³/mol. The van der Waals surface area contributed by atoms with E-state index in [0.717, 1.165) is 33.4 Å². The van der Waals surface area contributed by atoms with E-state index in [9.17, 15) is 0 Å². The lowest BCUT2D eigenvalue weighted by Crippen LogP contribution is -2.49. The zero-order valence-electron chi connectivity index (χ0n) is 15.8. The van der Waals surface area contributed by atoms with Gasteiger partial charge in [0.1, 0.15) is 5.60 Å². The minimum absolute atomic E-state index is 0.467. The van der Waals surface area contributed by atoms with E-state index in [4.69, 9.17) is 21.1 Å². The summed E-state index contributed by atoms with van der Waals surface area (Å²) < 4.78 is 12.9. The first kappa shape index (κ1) is 20.3. The van der Waals surface area contributed by atoms with Crippen molar-refractivity contribution >= 4 is 39.6 Å². The number of hydrogen-bond donors (Lipinski definition) is 0. The number of nitrogens with zero attached hydrogens (tertiary/aromatic N) is 2. The molecular weight excluding hydrogens is 428 g/mol. The second kappa shape index (κ2) is 8.74. The van der Waals surface area contributed by atoms with Gasteiger partial charge < -0.3 is 14.4 Å². The number of halogens is 2. The quantitative estimate of drug-likeness (QED) is 0.414. The highest BCUT2D eigenvalue weighted by Gasteiger charge is 2.43. The van der Waals surface area contributed by atoms with Crippen LogP contribution in [-0.2, 0) is 21.7 Å². The molecule has 2 aromatic rings. The lowest BCUT2D eigenvalue weighted by atomic mass is 9.88. The van der Waals surface area contributed by atoms with Crippen molar-refractivity contribution in [3.05, 3.63) is 62.6 Å². The summed E-state index contributed by atoms with van der Waals surface area (Å²) in [5, 5.41) is 0.618. The third-order valence-corrected chi connectivity index (χ3v) is 5.89. The van der Waals surface area contributed by atoms with E-state index in [-0.39, 0.29) is 0 Å². The zero-order valence-corrected chi connectivity index (χ0v) is 18.2. The summed E-state index contributed by atoms with van der Waals surface area (Å²) in [6.07, 6.45) is 1.80. The highest BCUT2D eigenvalue weighted by Crippen LogP contribution is 2.40. The SMILES string of the molecule is CCN(C)C=Nc1cc(C)c(C2(OCc3ccccc3Br)COC2)cc1Cl. The molecule has 0 radical (unpaired) electrons. The van der Waals surface area contributed by atoms with E-state index in [2.05, 4.69) is 40.8 Å². The van der Waals surface area contributed by atoms with Gasteiger partial charge in [0, 0.05) is 18.1 Å². The predicted octanol–water partition coefficient (Wildman–Crippen LogP) is 5.46. The largest absolute Gasteiger partial charge is 0.375 e. The molecule has 2 aromatic carbocycles. The molecule has 0 amide bonds. The van der Waals surface area contributed by atoms with Crippen LogP contribution in [0.1, 0.15) is 23.6 Å². The first-order valence-electron chi connectivity index (χ1n) is 8.95. The highest BCUT2D eigenvalue weighted by molar-refractivity contribution is 9.10. The van der Waals surface area contributed by atoms with Gasteiger partial charge in [0.25, 0.3) is 0 Å². The average Bonchev–Trinajstić information content (AvgIpc) is 2.63. The molecule has 1 heterocycles.